The van der Waals surface area contributed by atoms with Crippen LogP contribution in [0.4, 0.5) is 0 Å². The molecular formula is C26H36N4O. The first-order chi connectivity index (χ1) is 15.1. The van der Waals surface area contributed by atoms with E-state index in [0.29, 0.717) is 23.7 Å². The molecule has 1 N–H and O–H groups in total. The number of hydrogen-bond acceptors (Lipinski definition) is 3. The van der Waals surface area contributed by atoms with Gasteiger partial charge in [0.2, 0.25) is 0 Å². The lowest BCUT2D eigenvalue weighted by Crippen LogP contribution is -2.48. The summed E-state index contributed by atoms with van der Waals surface area (Å²) in [6.07, 6.45) is 14.4. The lowest BCUT2D eigenvalue weighted by atomic mass is 9.48. The third-order valence-corrected chi connectivity index (χ3v) is 8.75. The Bertz CT molecular complexity index is 938. The zero-order valence-corrected chi connectivity index (χ0v) is 18.9. The summed E-state index contributed by atoms with van der Waals surface area (Å²) in [5, 5.41) is 3.81. The predicted octanol–water partition coefficient (Wildman–Crippen LogP) is 4.65. The minimum Gasteiger partial charge on any atom is -0.337 e. The number of nitrogens with zero attached hydrogens (tertiary/aromatic N) is 3. The molecule has 4 saturated carbocycles. The van der Waals surface area contributed by atoms with E-state index in [1.807, 2.05) is 29.3 Å². The molecule has 1 saturated heterocycles. The van der Waals surface area contributed by atoms with Crippen LogP contribution in [0.5, 0.6) is 0 Å². The van der Waals surface area contributed by atoms with Gasteiger partial charge in [-0.2, -0.15) is 0 Å². The lowest BCUT2D eigenvalue weighted by Gasteiger charge is -2.57. The Hall–Kier alpha value is -1.88. The summed E-state index contributed by atoms with van der Waals surface area (Å²) in [5.41, 5.74) is 3.11. The van der Waals surface area contributed by atoms with E-state index >= 15 is 0 Å². The molecule has 31 heavy (non-hydrogen) atoms. The van der Waals surface area contributed by atoms with E-state index in [1.165, 1.54) is 44.9 Å². The van der Waals surface area contributed by atoms with Gasteiger partial charge in [-0.3, -0.25) is 4.79 Å². The van der Waals surface area contributed by atoms with Crippen molar-refractivity contribution in [2.45, 2.75) is 77.3 Å². The van der Waals surface area contributed by atoms with Crippen molar-refractivity contribution in [3.05, 3.63) is 35.8 Å². The van der Waals surface area contributed by atoms with Crippen LogP contribution in [0.2, 0.25) is 0 Å². The highest BCUT2D eigenvalue weighted by Gasteiger charge is 2.50. The first-order valence-electron chi connectivity index (χ1n) is 12.6. The molecule has 4 aliphatic carbocycles. The van der Waals surface area contributed by atoms with Crippen molar-refractivity contribution in [1.29, 1.82) is 0 Å². The highest BCUT2D eigenvalue weighted by molar-refractivity contribution is 5.94. The largest absolute Gasteiger partial charge is 0.337 e. The molecule has 0 spiro atoms. The number of carbonyl (C=O) groups excluding carboxylic acids is 1. The average Bonchev–Trinajstić information content (AvgIpc) is 3.38. The van der Waals surface area contributed by atoms with Gasteiger partial charge >= 0.3 is 0 Å². The number of likely N-dealkylation sites (tertiary alicyclic amines) is 1. The SMILES string of the molecule is C[C@@H](CC12CC3CC(CC(C3)C1)C2)NCc1c(C(=O)N2CCCC2)nc2ccccn12. The first kappa shape index (κ1) is 19.8. The van der Waals surface area contributed by atoms with E-state index in [-0.39, 0.29) is 5.91 Å². The molecular weight excluding hydrogens is 384 g/mol. The number of aromatic nitrogens is 2. The zero-order valence-electron chi connectivity index (χ0n) is 18.9. The summed E-state index contributed by atoms with van der Waals surface area (Å²) in [6.45, 7) is 4.78. The third kappa shape index (κ3) is 3.59. The smallest absolute Gasteiger partial charge is 0.274 e. The van der Waals surface area contributed by atoms with Crippen molar-refractivity contribution in [3.8, 4) is 0 Å². The van der Waals surface area contributed by atoms with Crippen molar-refractivity contribution < 1.29 is 4.79 Å². The van der Waals surface area contributed by atoms with Crippen molar-refractivity contribution >= 4 is 11.6 Å². The number of amides is 1. The molecule has 4 bridgehead atoms. The predicted molar refractivity (Wildman–Crippen MR) is 122 cm³/mol. The van der Waals surface area contributed by atoms with Crippen LogP contribution in [0.15, 0.2) is 24.4 Å². The van der Waals surface area contributed by atoms with Crippen LogP contribution in [0.3, 0.4) is 0 Å². The average molecular weight is 421 g/mol. The second kappa shape index (κ2) is 7.61. The number of carbonyl (C=O) groups is 1. The summed E-state index contributed by atoms with van der Waals surface area (Å²) in [7, 11) is 0. The van der Waals surface area contributed by atoms with Gasteiger partial charge in [0.05, 0.1) is 5.69 Å². The van der Waals surface area contributed by atoms with Gasteiger partial charge in [0.1, 0.15) is 5.65 Å². The minimum atomic E-state index is 0.103. The van der Waals surface area contributed by atoms with Crippen LogP contribution in [0.1, 0.15) is 80.9 Å². The molecule has 0 unspecified atom stereocenters. The molecule has 7 rings (SSSR count). The normalized spacial score (nSPS) is 32.8. The molecule has 0 aromatic carbocycles. The summed E-state index contributed by atoms with van der Waals surface area (Å²) in [5.74, 6) is 3.11. The van der Waals surface area contributed by atoms with Crippen molar-refractivity contribution in [1.82, 2.24) is 19.6 Å². The molecule has 1 amide bonds. The van der Waals surface area contributed by atoms with Gasteiger partial charge in [0.15, 0.2) is 5.69 Å². The van der Waals surface area contributed by atoms with E-state index in [1.54, 1.807) is 0 Å². The maximum atomic E-state index is 13.2. The second-order valence-electron chi connectivity index (χ2n) is 11.2. The molecule has 0 radical (unpaired) electrons. The zero-order chi connectivity index (χ0) is 21.0. The van der Waals surface area contributed by atoms with E-state index < -0.39 is 0 Å². The molecule has 166 valence electrons. The summed E-state index contributed by atoms with van der Waals surface area (Å²) >= 11 is 0. The van der Waals surface area contributed by atoms with Crippen LogP contribution >= 0.6 is 0 Å². The molecule has 3 heterocycles. The van der Waals surface area contributed by atoms with Gasteiger partial charge in [-0.05, 0) is 100 Å². The third-order valence-electron chi connectivity index (χ3n) is 8.75. The number of pyridine rings is 1. The van der Waals surface area contributed by atoms with Crippen LogP contribution in [0, 0.1) is 23.2 Å². The molecule has 5 heteroatoms. The van der Waals surface area contributed by atoms with Gasteiger partial charge in [0.25, 0.3) is 5.91 Å². The molecule has 1 atom stereocenters. The number of nitrogens with one attached hydrogen (secondary N) is 1. The minimum absolute atomic E-state index is 0.103. The Labute approximate surface area is 185 Å². The van der Waals surface area contributed by atoms with Gasteiger partial charge in [-0.1, -0.05) is 6.07 Å². The Morgan fingerprint density at radius 2 is 1.81 bits per heavy atom. The summed E-state index contributed by atoms with van der Waals surface area (Å²) in [6, 6.07) is 6.49. The van der Waals surface area contributed by atoms with E-state index in [9.17, 15) is 4.79 Å². The molecule has 5 fully saturated rings. The Morgan fingerprint density at radius 1 is 1.13 bits per heavy atom. The lowest BCUT2D eigenvalue weighted by molar-refractivity contribution is -0.0612. The van der Waals surface area contributed by atoms with Crippen molar-refractivity contribution in [2.24, 2.45) is 23.2 Å². The highest BCUT2D eigenvalue weighted by atomic mass is 16.2. The Kier molecular flexibility index (Phi) is 4.86. The van der Waals surface area contributed by atoms with Gasteiger partial charge in [-0.15, -0.1) is 0 Å². The number of imidazole rings is 1. The van der Waals surface area contributed by atoms with E-state index in [4.69, 9.17) is 4.98 Å². The van der Waals surface area contributed by atoms with Gasteiger partial charge in [0, 0.05) is 31.9 Å². The first-order valence-corrected chi connectivity index (χ1v) is 12.6. The molecule has 5 aliphatic rings. The summed E-state index contributed by atoms with van der Waals surface area (Å²) < 4.78 is 2.10. The molecule has 1 aliphatic heterocycles. The topological polar surface area (TPSA) is 49.6 Å². The monoisotopic (exact) mass is 420 g/mol. The quantitative estimate of drug-likeness (QED) is 0.740. The number of hydrogen-bond donors (Lipinski definition) is 1. The van der Waals surface area contributed by atoms with Crippen LogP contribution < -0.4 is 5.32 Å². The van der Waals surface area contributed by atoms with Crippen molar-refractivity contribution in [3.63, 3.8) is 0 Å². The van der Waals surface area contributed by atoms with E-state index in [0.717, 1.165) is 55.0 Å². The van der Waals surface area contributed by atoms with Crippen LogP contribution in [-0.2, 0) is 6.54 Å². The standard InChI is InChI=1S/C26H36N4O/c1-18(13-26-14-19-10-20(15-26)12-21(11-19)16-26)27-17-22-24(25(31)29-7-4-5-8-29)28-23-6-2-3-9-30(22)23/h2-3,6,9,18-21,27H,4-5,7-8,10-17H2,1H3/t18-,19?,20?,21?,26?/m0/s1. The Balaban J connectivity index is 1.19. The van der Waals surface area contributed by atoms with Crippen LogP contribution in [0.25, 0.3) is 5.65 Å². The second-order valence-corrected chi connectivity index (χ2v) is 11.2. The van der Waals surface area contributed by atoms with E-state index in [2.05, 4.69) is 16.6 Å². The fourth-order valence-electron chi connectivity index (χ4n) is 7.99. The van der Waals surface area contributed by atoms with Crippen molar-refractivity contribution in [2.75, 3.05) is 13.1 Å². The van der Waals surface area contributed by atoms with Gasteiger partial charge in [-0.25, -0.2) is 4.98 Å². The fourth-order valence-corrected chi connectivity index (χ4v) is 7.99. The van der Waals surface area contributed by atoms with Gasteiger partial charge < -0.3 is 14.6 Å². The Morgan fingerprint density at radius 3 is 2.48 bits per heavy atom. The summed E-state index contributed by atoms with van der Waals surface area (Å²) in [4.78, 5) is 19.9. The van der Waals surface area contributed by atoms with Crippen LogP contribution in [-0.4, -0.2) is 39.3 Å². The molecule has 2 aromatic heterocycles. The molecule has 2 aromatic rings. The fraction of sp³-hybridized carbons (Fsp3) is 0.692. The maximum absolute atomic E-state index is 13.2. The number of rotatable bonds is 6. The maximum Gasteiger partial charge on any atom is 0.274 e. The molecule has 5 nitrogen and oxygen atoms in total. The highest BCUT2D eigenvalue weighted by Crippen LogP contribution is 2.61. The number of fused-ring (bicyclic) bond motifs is 1.